The summed E-state index contributed by atoms with van der Waals surface area (Å²) in [5.41, 5.74) is 2.89. The maximum atomic E-state index is 14.6. The minimum absolute atomic E-state index is 0.0168. The fourth-order valence-electron chi connectivity index (χ4n) is 5.23. The second-order valence-corrected chi connectivity index (χ2v) is 13.3. The van der Waals surface area contributed by atoms with Crippen molar-refractivity contribution in [2.24, 2.45) is 0 Å². The topological polar surface area (TPSA) is 105 Å². The molecule has 2 amide bonds. The number of amides is 2. The maximum absolute atomic E-state index is 14.6. The Bertz CT molecular complexity index is 1750. The lowest BCUT2D eigenvalue weighted by atomic mass is 10.0. The average Bonchev–Trinajstić information content (AvgIpc) is 3.08. The van der Waals surface area contributed by atoms with Crippen LogP contribution in [0.3, 0.4) is 0 Å². The van der Waals surface area contributed by atoms with Gasteiger partial charge in [0.1, 0.15) is 12.6 Å². The number of benzene rings is 4. The molecule has 0 aliphatic rings. The van der Waals surface area contributed by atoms with Gasteiger partial charge in [-0.3, -0.25) is 13.9 Å². The van der Waals surface area contributed by atoms with Crippen LogP contribution < -0.4 is 19.1 Å². The highest BCUT2D eigenvalue weighted by atomic mass is 32.2. The Morgan fingerprint density at radius 1 is 0.809 bits per heavy atom. The number of rotatable bonds is 15. The summed E-state index contributed by atoms with van der Waals surface area (Å²) in [4.78, 5) is 30.1. The van der Waals surface area contributed by atoms with Crippen molar-refractivity contribution < 1.29 is 27.5 Å². The van der Waals surface area contributed by atoms with Crippen LogP contribution in [0.1, 0.15) is 37.0 Å². The lowest BCUT2D eigenvalue weighted by Crippen LogP contribution is -2.54. The summed E-state index contributed by atoms with van der Waals surface area (Å²) in [5, 5.41) is 3.06. The summed E-state index contributed by atoms with van der Waals surface area (Å²) in [6.07, 6.45) is 0.945. The molecule has 0 saturated heterocycles. The molecular weight excluding hydrogens is 614 g/mol. The predicted octanol–water partition coefficient (Wildman–Crippen LogP) is 5.76. The Labute approximate surface area is 278 Å². The lowest BCUT2D eigenvalue weighted by molar-refractivity contribution is -0.140. The Morgan fingerprint density at radius 3 is 2.06 bits per heavy atom. The van der Waals surface area contributed by atoms with Gasteiger partial charge in [0.2, 0.25) is 11.8 Å². The van der Waals surface area contributed by atoms with Crippen LogP contribution in [0.2, 0.25) is 0 Å². The van der Waals surface area contributed by atoms with Crippen LogP contribution >= 0.6 is 0 Å². The molecule has 0 aliphatic carbocycles. The second-order valence-electron chi connectivity index (χ2n) is 11.4. The molecule has 4 aromatic carbocycles. The zero-order chi connectivity index (χ0) is 34.0. The van der Waals surface area contributed by atoms with Crippen molar-refractivity contribution in [1.29, 1.82) is 0 Å². The number of ether oxygens (including phenoxy) is 2. The summed E-state index contributed by atoms with van der Waals surface area (Å²) in [6, 6.07) is 28.8. The van der Waals surface area contributed by atoms with Crippen molar-refractivity contribution in [2.75, 3.05) is 25.1 Å². The minimum atomic E-state index is -4.25. The van der Waals surface area contributed by atoms with Crippen LogP contribution in [-0.4, -0.2) is 58.0 Å². The normalized spacial score (nSPS) is 12.4. The number of sulfonamides is 1. The molecule has 0 aliphatic heterocycles. The molecule has 2 atom stereocenters. The van der Waals surface area contributed by atoms with E-state index in [9.17, 15) is 18.0 Å². The quantitative estimate of drug-likeness (QED) is 0.174. The summed E-state index contributed by atoms with van der Waals surface area (Å²) in [7, 11) is -1.30. The Kier molecular flexibility index (Phi) is 12.0. The molecule has 248 valence electrons. The van der Waals surface area contributed by atoms with Gasteiger partial charge in [0.25, 0.3) is 10.0 Å². The number of aryl methyl sites for hydroxylation is 1. The number of carbonyl (C=O) groups is 2. The van der Waals surface area contributed by atoms with E-state index in [1.54, 1.807) is 30.3 Å². The van der Waals surface area contributed by atoms with Crippen LogP contribution in [-0.2, 0) is 32.6 Å². The first-order chi connectivity index (χ1) is 22.6. The van der Waals surface area contributed by atoms with E-state index in [0.717, 1.165) is 21.0 Å². The van der Waals surface area contributed by atoms with Gasteiger partial charge in [-0.15, -0.1) is 0 Å². The molecule has 4 aromatic rings. The first-order valence-corrected chi connectivity index (χ1v) is 17.0. The highest BCUT2D eigenvalue weighted by Gasteiger charge is 2.35. The van der Waals surface area contributed by atoms with E-state index < -0.39 is 28.5 Å². The fourth-order valence-corrected chi connectivity index (χ4v) is 6.66. The van der Waals surface area contributed by atoms with Gasteiger partial charge < -0.3 is 19.7 Å². The smallest absolute Gasteiger partial charge is 0.264 e. The van der Waals surface area contributed by atoms with Gasteiger partial charge in [-0.25, -0.2) is 8.42 Å². The molecule has 4 rings (SSSR count). The minimum Gasteiger partial charge on any atom is -0.493 e. The highest BCUT2D eigenvalue weighted by molar-refractivity contribution is 7.92. The van der Waals surface area contributed by atoms with Crippen molar-refractivity contribution >= 4 is 27.5 Å². The lowest BCUT2D eigenvalue weighted by Gasteiger charge is -2.34. The molecule has 0 spiro atoms. The molecule has 0 bridgehead atoms. The van der Waals surface area contributed by atoms with Crippen molar-refractivity contribution in [1.82, 2.24) is 10.2 Å². The number of hydrogen-bond donors (Lipinski definition) is 1. The molecule has 0 fully saturated rings. The molecule has 9 nitrogen and oxygen atoms in total. The van der Waals surface area contributed by atoms with Gasteiger partial charge in [-0.05, 0) is 55.7 Å². The van der Waals surface area contributed by atoms with E-state index in [1.807, 2.05) is 75.4 Å². The van der Waals surface area contributed by atoms with Gasteiger partial charge in [0.15, 0.2) is 11.5 Å². The van der Waals surface area contributed by atoms with Crippen molar-refractivity contribution in [3.8, 4) is 11.5 Å². The second kappa shape index (κ2) is 16.1. The predicted molar refractivity (Wildman–Crippen MR) is 184 cm³/mol. The molecule has 1 N–H and O–H groups in total. The largest absolute Gasteiger partial charge is 0.493 e. The number of nitrogens with zero attached hydrogens (tertiary/aromatic N) is 2. The van der Waals surface area contributed by atoms with Crippen molar-refractivity contribution in [3.63, 3.8) is 0 Å². The van der Waals surface area contributed by atoms with Gasteiger partial charge in [0.05, 0.1) is 24.8 Å². The van der Waals surface area contributed by atoms with Crippen molar-refractivity contribution in [2.45, 2.75) is 57.1 Å². The van der Waals surface area contributed by atoms with Crippen molar-refractivity contribution in [3.05, 3.63) is 120 Å². The van der Waals surface area contributed by atoms with Gasteiger partial charge in [-0.2, -0.15) is 0 Å². The molecule has 47 heavy (non-hydrogen) atoms. The first kappa shape index (κ1) is 35.0. The van der Waals surface area contributed by atoms with Crippen LogP contribution in [0.15, 0.2) is 108 Å². The third kappa shape index (κ3) is 8.92. The number of anilines is 1. The van der Waals surface area contributed by atoms with E-state index in [1.165, 1.54) is 37.3 Å². The summed E-state index contributed by atoms with van der Waals surface area (Å²) in [5.74, 6) is -0.142. The third-order valence-corrected chi connectivity index (χ3v) is 9.76. The zero-order valence-corrected chi connectivity index (χ0v) is 28.4. The van der Waals surface area contributed by atoms with Crippen LogP contribution in [0.4, 0.5) is 5.69 Å². The fraction of sp³-hybridized carbons (Fsp3) is 0.297. The molecule has 0 unspecified atom stereocenters. The summed E-state index contributed by atoms with van der Waals surface area (Å²) in [6.45, 7) is 5.37. The van der Waals surface area contributed by atoms with E-state index in [4.69, 9.17) is 9.47 Å². The molecule has 0 radical (unpaired) electrons. The zero-order valence-electron chi connectivity index (χ0n) is 27.6. The monoisotopic (exact) mass is 657 g/mol. The SMILES string of the molecule is CC[C@H](C)NC(=O)[C@@H](Cc1ccccc1)N(Cc1cccc(C)c1)C(=O)CN(c1ccc(OC)c(OC)c1)S(=O)(=O)c1ccccc1. The number of methoxy groups -OCH3 is 2. The summed E-state index contributed by atoms with van der Waals surface area (Å²) < 4.78 is 40.4. The van der Waals surface area contributed by atoms with E-state index in [-0.39, 0.29) is 35.5 Å². The Morgan fingerprint density at radius 2 is 1.45 bits per heavy atom. The molecule has 10 heteroatoms. The van der Waals surface area contributed by atoms with Gasteiger partial charge in [0, 0.05) is 25.1 Å². The average molecular weight is 658 g/mol. The molecule has 0 aromatic heterocycles. The maximum Gasteiger partial charge on any atom is 0.264 e. The standard InChI is InChI=1S/C37H43N3O6S/c1-6-28(3)38-37(42)33(23-29-15-9-7-10-16-29)39(25-30-17-13-14-27(2)22-30)36(41)26-40(47(43,44)32-18-11-8-12-19-32)31-20-21-34(45-4)35(24-31)46-5/h7-22,24,28,33H,6,23,25-26H2,1-5H3,(H,38,42)/t28-,33+/m0/s1. The highest BCUT2D eigenvalue weighted by Crippen LogP contribution is 2.34. The molecule has 0 heterocycles. The van der Waals surface area contributed by atoms with Crippen LogP contribution in [0, 0.1) is 6.92 Å². The van der Waals surface area contributed by atoms with E-state index in [0.29, 0.717) is 17.9 Å². The Balaban J connectivity index is 1.84. The van der Waals surface area contributed by atoms with E-state index >= 15 is 0 Å². The van der Waals surface area contributed by atoms with Crippen LogP contribution in [0.5, 0.6) is 11.5 Å². The van der Waals surface area contributed by atoms with Gasteiger partial charge in [-0.1, -0.05) is 85.3 Å². The third-order valence-electron chi connectivity index (χ3n) is 7.97. The number of carbonyl (C=O) groups excluding carboxylic acids is 2. The summed E-state index contributed by atoms with van der Waals surface area (Å²) >= 11 is 0. The Hall–Kier alpha value is -4.83. The molecular formula is C37H43N3O6S. The first-order valence-electron chi connectivity index (χ1n) is 15.6. The van der Waals surface area contributed by atoms with Crippen LogP contribution in [0.25, 0.3) is 0 Å². The van der Waals surface area contributed by atoms with Gasteiger partial charge >= 0.3 is 0 Å². The number of nitrogens with one attached hydrogen (secondary N) is 1. The molecule has 0 saturated carbocycles. The van der Waals surface area contributed by atoms with E-state index in [2.05, 4.69) is 5.32 Å². The number of hydrogen-bond acceptors (Lipinski definition) is 6.